The third-order valence-corrected chi connectivity index (χ3v) is 3.71. The summed E-state index contributed by atoms with van der Waals surface area (Å²) in [6.07, 6.45) is 0.901. The molecular weight excluding hydrogens is 324 g/mol. The summed E-state index contributed by atoms with van der Waals surface area (Å²) in [5, 5.41) is 6.87. The molecule has 0 spiro atoms. The van der Waals surface area contributed by atoms with Gasteiger partial charge in [0.2, 0.25) is 5.75 Å². The smallest absolute Gasteiger partial charge is 0.203 e. The fourth-order valence-corrected chi connectivity index (χ4v) is 2.51. The number of rotatable bonds is 7. The van der Waals surface area contributed by atoms with Gasteiger partial charge in [0.25, 0.3) is 0 Å². The minimum Gasteiger partial charge on any atom is -0.493 e. The molecule has 0 fully saturated rings. The van der Waals surface area contributed by atoms with Crippen LogP contribution in [0.25, 0.3) is 0 Å². The van der Waals surface area contributed by atoms with Crippen LogP contribution in [0, 0.1) is 0 Å². The summed E-state index contributed by atoms with van der Waals surface area (Å²) in [6.45, 7) is 0.750. The van der Waals surface area contributed by atoms with E-state index in [1.54, 1.807) is 21.3 Å². The van der Waals surface area contributed by atoms with Gasteiger partial charge in [0.05, 0.1) is 21.3 Å². The highest BCUT2D eigenvalue weighted by Gasteiger charge is 2.13. The van der Waals surface area contributed by atoms with Gasteiger partial charge in [-0.25, -0.2) is 0 Å². The Morgan fingerprint density at radius 2 is 1.58 bits per heavy atom. The number of hydrogen-bond acceptors (Lipinski definition) is 4. The predicted molar refractivity (Wildman–Crippen MR) is 100 cm³/mol. The molecule has 0 aliphatic heterocycles. The van der Waals surface area contributed by atoms with E-state index in [2.05, 4.69) is 22.8 Å². The Hall–Kier alpha value is -2.47. The molecule has 0 saturated carbocycles. The van der Waals surface area contributed by atoms with Crippen molar-refractivity contribution in [3.05, 3.63) is 48.0 Å². The van der Waals surface area contributed by atoms with Crippen LogP contribution in [-0.4, -0.2) is 33.0 Å². The van der Waals surface area contributed by atoms with E-state index in [9.17, 15) is 0 Å². The second-order valence-corrected chi connectivity index (χ2v) is 5.44. The molecule has 2 rings (SSSR count). The van der Waals surface area contributed by atoms with E-state index in [4.69, 9.17) is 26.4 Å². The molecule has 0 unspecified atom stereocenters. The van der Waals surface area contributed by atoms with Crippen LogP contribution < -0.4 is 24.8 Å². The van der Waals surface area contributed by atoms with Crippen LogP contribution >= 0.6 is 12.2 Å². The molecule has 128 valence electrons. The van der Waals surface area contributed by atoms with Crippen molar-refractivity contribution in [1.82, 2.24) is 5.32 Å². The maximum Gasteiger partial charge on any atom is 0.203 e. The first-order valence-corrected chi connectivity index (χ1v) is 7.97. The van der Waals surface area contributed by atoms with Crippen molar-refractivity contribution in [2.24, 2.45) is 0 Å². The Labute approximate surface area is 147 Å². The first-order chi connectivity index (χ1) is 11.7. The molecule has 0 amide bonds. The average molecular weight is 346 g/mol. The van der Waals surface area contributed by atoms with Crippen LogP contribution in [0.4, 0.5) is 5.69 Å². The van der Waals surface area contributed by atoms with E-state index in [1.165, 1.54) is 5.56 Å². The van der Waals surface area contributed by atoms with Gasteiger partial charge in [-0.1, -0.05) is 30.3 Å². The second-order valence-electron chi connectivity index (χ2n) is 5.03. The summed E-state index contributed by atoms with van der Waals surface area (Å²) in [6, 6.07) is 13.9. The number of nitrogens with one attached hydrogen (secondary N) is 2. The highest BCUT2D eigenvalue weighted by atomic mass is 32.1. The van der Waals surface area contributed by atoms with Crippen molar-refractivity contribution in [1.29, 1.82) is 0 Å². The summed E-state index contributed by atoms with van der Waals surface area (Å²) < 4.78 is 16.0. The molecule has 6 heteroatoms. The zero-order chi connectivity index (χ0) is 17.4. The zero-order valence-corrected chi connectivity index (χ0v) is 14.9. The predicted octanol–water partition coefficient (Wildman–Crippen LogP) is 3.24. The summed E-state index contributed by atoms with van der Waals surface area (Å²) >= 11 is 5.34. The van der Waals surface area contributed by atoms with E-state index >= 15 is 0 Å². The van der Waals surface area contributed by atoms with Crippen molar-refractivity contribution in [2.75, 3.05) is 33.2 Å². The van der Waals surface area contributed by atoms with Crippen molar-refractivity contribution in [2.45, 2.75) is 6.42 Å². The molecule has 24 heavy (non-hydrogen) atoms. The molecule has 0 aromatic heterocycles. The van der Waals surface area contributed by atoms with Crippen LogP contribution in [0.2, 0.25) is 0 Å². The summed E-state index contributed by atoms with van der Waals surface area (Å²) in [4.78, 5) is 0. The molecule has 0 heterocycles. The fourth-order valence-electron chi connectivity index (χ4n) is 2.29. The van der Waals surface area contributed by atoms with Gasteiger partial charge in [0.1, 0.15) is 0 Å². The molecular formula is C18H22N2O3S. The SMILES string of the molecule is COc1cc(NC(=S)NCCc2ccccc2)cc(OC)c1OC. The zero-order valence-electron chi connectivity index (χ0n) is 14.1. The first kappa shape index (κ1) is 17.9. The molecule has 0 radical (unpaired) electrons. The molecule has 0 aliphatic rings. The van der Waals surface area contributed by atoms with Crippen molar-refractivity contribution in [3.63, 3.8) is 0 Å². The van der Waals surface area contributed by atoms with Crippen LogP contribution in [0.5, 0.6) is 17.2 Å². The topological polar surface area (TPSA) is 51.8 Å². The van der Waals surface area contributed by atoms with Gasteiger partial charge in [0.15, 0.2) is 16.6 Å². The Balaban J connectivity index is 1.96. The van der Waals surface area contributed by atoms with Gasteiger partial charge in [-0.15, -0.1) is 0 Å². The highest BCUT2D eigenvalue weighted by Crippen LogP contribution is 2.39. The Morgan fingerprint density at radius 1 is 0.958 bits per heavy atom. The third kappa shape index (κ3) is 4.76. The van der Waals surface area contributed by atoms with E-state index in [-0.39, 0.29) is 0 Å². The lowest BCUT2D eigenvalue weighted by atomic mass is 10.1. The molecule has 2 N–H and O–H groups in total. The first-order valence-electron chi connectivity index (χ1n) is 7.56. The van der Waals surface area contributed by atoms with Crippen LogP contribution in [0.3, 0.4) is 0 Å². The number of ether oxygens (including phenoxy) is 3. The molecule has 0 saturated heterocycles. The van der Waals surface area contributed by atoms with E-state index < -0.39 is 0 Å². The van der Waals surface area contributed by atoms with Gasteiger partial charge < -0.3 is 24.8 Å². The van der Waals surface area contributed by atoms with Gasteiger partial charge >= 0.3 is 0 Å². The fraction of sp³-hybridized carbons (Fsp3) is 0.278. The monoisotopic (exact) mass is 346 g/mol. The lowest BCUT2D eigenvalue weighted by Gasteiger charge is -2.16. The van der Waals surface area contributed by atoms with Crippen molar-refractivity contribution in [3.8, 4) is 17.2 Å². The summed E-state index contributed by atoms with van der Waals surface area (Å²) in [5.41, 5.74) is 2.03. The standard InChI is InChI=1S/C18H22N2O3S/c1-21-15-11-14(12-16(22-2)17(15)23-3)20-18(24)19-10-9-13-7-5-4-6-8-13/h4-8,11-12H,9-10H2,1-3H3,(H2,19,20,24). The largest absolute Gasteiger partial charge is 0.493 e. The molecule has 2 aromatic rings. The Bertz CT molecular complexity index is 652. The quantitative estimate of drug-likeness (QED) is 0.751. The minimum atomic E-state index is 0.542. The van der Waals surface area contributed by atoms with Crippen molar-refractivity contribution < 1.29 is 14.2 Å². The normalized spacial score (nSPS) is 9.96. The lowest BCUT2D eigenvalue weighted by Crippen LogP contribution is -2.30. The molecule has 0 bridgehead atoms. The number of methoxy groups -OCH3 is 3. The Morgan fingerprint density at radius 3 is 2.12 bits per heavy atom. The van der Waals surface area contributed by atoms with Crippen molar-refractivity contribution >= 4 is 23.0 Å². The van der Waals surface area contributed by atoms with Gasteiger partial charge in [-0.05, 0) is 24.2 Å². The maximum absolute atomic E-state index is 5.34. The maximum atomic E-state index is 5.34. The lowest BCUT2D eigenvalue weighted by molar-refractivity contribution is 0.324. The van der Waals surface area contributed by atoms with E-state index in [1.807, 2.05) is 30.3 Å². The van der Waals surface area contributed by atoms with Crippen LogP contribution in [0.1, 0.15) is 5.56 Å². The Kier molecular flexibility index (Phi) is 6.69. The number of benzene rings is 2. The van der Waals surface area contributed by atoms with Gasteiger partial charge in [0, 0.05) is 24.4 Å². The van der Waals surface area contributed by atoms with Crippen LogP contribution in [0.15, 0.2) is 42.5 Å². The molecule has 5 nitrogen and oxygen atoms in total. The summed E-state index contributed by atoms with van der Waals surface area (Å²) in [5.74, 6) is 1.70. The highest BCUT2D eigenvalue weighted by molar-refractivity contribution is 7.80. The van der Waals surface area contributed by atoms with E-state index in [0.717, 1.165) is 18.7 Å². The second kappa shape index (κ2) is 8.98. The molecule has 0 aliphatic carbocycles. The molecule has 0 atom stereocenters. The van der Waals surface area contributed by atoms with Crippen LogP contribution in [-0.2, 0) is 6.42 Å². The average Bonchev–Trinajstić information content (AvgIpc) is 2.61. The number of anilines is 1. The molecule has 2 aromatic carbocycles. The minimum absolute atomic E-state index is 0.542. The number of thiocarbonyl (C=S) groups is 1. The van der Waals surface area contributed by atoms with Gasteiger partial charge in [-0.2, -0.15) is 0 Å². The van der Waals surface area contributed by atoms with Gasteiger partial charge in [-0.3, -0.25) is 0 Å². The summed E-state index contributed by atoms with van der Waals surface area (Å²) in [7, 11) is 4.73. The van der Waals surface area contributed by atoms with E-state index in [0.29, 0.717) is 22.4 Å². The number of hydrogen-bond donors (Lipinski definition) is 2. The third-order valence-electron chi connectivity index (χ3n) is 3.46.